The third kappa shape index (κ3) is 9.58. The third-order valence-corrected chi connectivity index (χ3v) is 8.90. The Balaban J connectivity index is 1.35. The summed E-state index contributed by atoms with van der Waals surface area (Å²) in [6, 6.07) is 1.83. The molecule has 0 aromatic heterocycles. The molecule has 0 saturated heterocycles. The molecule has 1 amide bonds. The predicted molar refractivity (Wildman–Crippen MR) is 163 cm³/mol. The molecular weight excluding hydrogens is 482 g/mol. The first-order valence-corrected chi connectivity index (χ1v) is 15.4. The molecule has 1 aromatic carbocycles. The highest BCUT2D eigenvalue weighted by Gasteiger charge is 2.33. The molecule has 2 aliphatic rings. The molecule has 1 aromatic rings. The quantitative estimate of drug-likeness (QED) is 0.207. The van der Waals surface area contributed by atoms with Gasteiger partial charge in [-0.1, -0.05) is 48.6 Å². The number of benzene rings is 1. The third-order valence-electron chi connectivity index (χ3n) is 8.90. The smallest absolute Gasteiger partial charge is 0.246 e. The second-order valence-electron chi connectivity index (χ2n) is 12.5. The Hall–Kier alpha value is -2.49. The number of amides is 1. The van der Waals surface area contributed by atoms with Crippen LogP contribution in [0.15, 0.2) is 41.0 Å². The first-order chi connectivity index (χ1) is 18.6. The summed E-state index contributed by atoms with van der Waals surface area (Å²) in [5, 5.41) is 13.3. The van der Waals surface area contributed by atoms with Gasteiger partial charge in [0.1, 0.15) is 17.1 Å². The van der Waals surface area contributed by atoms with Gasteiger partial charge in [0.05, 0.1) is 0 Å². The highest BCUT2D eigenvalue weighted by atomic mass is 16.5. The van der Waals surface area contributed by atoms with Crippen molar-refractivity contribution in [3.63, 3.8) is 0 Å². The monoisotopic (exact) mass is 535 g/mol. The van der Waals surface area contributed by atoms with E-state index in [0.29, 0.717) is 11.7 Å². The number of phenols is 1. The minimum atomic E-state index is -0.160. The van der Waals surface area contributed by atoms with Crippen LogP contribution in [0.2, 0.25) is 0 Å². The van der Waals surface area contributed by atoms with E-state index in [1.54, 1.807) is 0 Å². The molecule has 4 heteroatoms. The Labute approximate surface area is 238 Å². The molecule has 0 unspecified atom stereocenters. The Kier molecular flexibility index (Phi) is 11.8. The fraction of sp³-hybridized carbons (Fsp3) is 0.629. The van der Waals surface area contributed by atoms with Gasteiger partial charge in [-0.05, 0) is 129 Å². The Morgan fingerprint density at radius 3 is 2.36 bits per heavy atom. The molecule has 39 heavy (non-hydrogen) atoms. The normalized spacial score (nSPS) is 20.9. The van der Waals surface area contributed by atoms with E-state index in [1.165, 1.54) is 48.8 Å². The maximum atomic E-state index is 12.4. The Bertz CT molecular complexity index is 1070. The maximum absolute atomic E-state index is 12.4. The zero-order valence-corrected chi connectivity index (χ0v) is 25.5. The lowest BCUT2D eigenvalue weighted by Crippen LogP contribution is -2.36. The van der Waals surface area contributed by atoms with Gasteiger partial charge in [0.2, 0.25) is 5.91 Å². The van der Waals surface area contributed by atoms with Crippen molar-refractivity contribution in [3.05, 3.63) is 57.7 Å². The second kappa shape index (κ2) is 14.8. The molecule has 1 saturated carbocycles. The average Bonchev–Trinajstić information content (AvgIpc) is 2.91. The van der Waals surface area contributed by atoms with Gasteiger partial charge in [0.25, 0.3) is 0 Å². The van der Waals surface area contributed by atoms with Gasteiger partial charge < -0.3 is 15.2 Å². The van der Waals surface area contributed by atoms with E-state index in [0.717, 1.165) is 80.4 Å². The van der Waals surface area contributed by atoms with E-state index in [1.807, 2.05) is 26.8 Å². The number of aryl methyl sites for hydroxylation is 1. The topological polar surface area (TPSA) is 58.6 Å². The van der Waals surface area contributed by atoms with Crippen molar-refractivity contribution in [3.8, 4) is 11.5 Å². The zero-order chi connectivity index (χ0) is 28.4. The van der Waals surface area contributed by atoms with Crippen LogP contribution in [0.1, 0.15) is 121 Å². The van der Waals surface area contributed by atoms with E-state index in [2.05, 4.69) is 44.3 Å². The van der Waals surface area contributed by atoms with E-state index in [-0.39, 0.29) is 11.5 Å². The molecule has 0 spiro atoms. The fourth-order valence-electron chi connectivity index (χ4n) is 6.00. The van der Waals surface area contributed by atoms with Crippen molar-refractivity contribution in [1.29, 1.82) is 0 Å². The van der Waals surface area contributed by atoms with Crippen molar-refractivity contribution in [2.75, 3.05) is 6.54 Å². The van der Waals surface area contributed by atoms with Gasteiger partial charge in [0, 0.05) is 17.7 Å². The number of hydrogen-bond donors (Lipinski definition) is 2. The molecule has 216 valence electrons. The van der Waals surface area contributed by atoms with Gasteiger partial charge in [-0.3, -0.25) is 4.79 Å². The lowest BCUT2D eigenvalue weighted by molar-refractivity contribution is -0.117. The van der Waals surface area contributed by atoms with Crippen LogP contribution in [0.5, 0.6) is 11.5 Å². The fourth-order valence-corrected chi connectivity index (χ4v) is 6.00. The number of allylic oxidation sites excluding steroid dienone is 5. The number of hydrogen-bond acceptors (Lipinski definition) is 3. The molecule has 1 fully saturated rings. The summed E-state index contributed by atoms with van der Waals surface area (Å²) in [6.45, 7) is 13.4. The molecular formula is C35H53NO3. The van der Waals surface area contributed by atoms with Crippen molar-refractivity contribution in [1.82, 2.24) is 5.32 Å². The Morgan fingerprint density at radius 1 is 1.03 bits per heavy atom. The minimum absolute atomic E-state index is 0.101. The van der Waals surface area contributed by atoms with Crippen LogP contribution in [-0.2, 0) is 11.2 Å². The van der Waals surface area contributed by atoms with Gasteiger partial charge in [-0.25, -0.2) is 0 Å². The van der Waals surface area contributed by atoms with Crippen LogP contribution in [0.4, 0.5) is 0 Å². The van der Waals surface area contributed by atoms with Crippen LogP contribution in [0.3, 0.4) is 0 Å². The number of phenolic OH excluding ortho intramolecular Hbond substituents is 1. The zero-order valence-electron chi connectivity index (χ0n) is 25.5. The Morgan fingerprint density at radius 2 is 1.67 bits per heavy atom. The van der Waals surface area contributed by atoms with Gasteiger partial charge >= 0.3 is 0 Å². The number of rotatable bonds is 12. The summed E-state index contributed by atoms with van der Waals surface area (Å²) >= 11 is 0. The second-order valence-corrected chi connectivity index (χ2v) is 12.5. The molecule has 4 nitrogen and oxygen atoms in total. The summed E-state index contributed by atoms with van der Waals surface area (Å²) in [5.41, 5.74) is 6.67. The van der Waals surface area contributed by atoms with Crippen LogP contribution in [0.25, 0.3) is 0 Å². The molecule has 1 aliphatic heterocycles. The summed E-state index contributed by atoms with van der Waals surface area (Å²) in [6.07, 6.45) is 21.3. The minimum Gasteiger partial charge on any atom is -0.508 e. The molecule has 3 rings (SSSR count). The number of carbonyl (C=O) groups excluding carboxylic acids is 1. The lowest BCUT2D eigenvalue weighted by Gasteiger charge is -2.37. The highest BCUT2D eigenvalue weighted by molar-refractivity contribution is 5.92. The van der Waals surface area contributed by atoms with Crippen molar-refractivity contribution >= 4 is 5.91 Å². The first-order valence-electron chi connectivity index (χ1n) is 15.4. The predicted octanol–water partition coefficient (Wildman–Crippen LogP) is 8.97. The summed E-state index contributed by atoms with van der Waals surface area (Å²) < 4.78 is 6.51. The summed E-state index contributed by atoms with van der Waals surface area (Å²) in [7, 11) is 0. The van der Waals surface area contributed by atoms with Crippen LogP contribution < -0.4 is 10.1 Å². The molecule has 2 N–H and O–H groups in total. The van der Waals surface area contributed by atoms with E-state index in [4.69, 9.17) is 4.74 Å². The van der Waals surface area contributed by atoms with Gasteiger partial charge in [0.15, 0.2) is 0 Å². The standard InChI is InChI=1S/C35H53NO3/c1-25(15-11-17-27(3)34(38)36-24-30-18-8-7-9-19-30)13-10-14-26(2)16-12-21-35(6)22-20-31-29(5)32(37)23-28(4)33(31)39-35/h13,16-17,23,30,37H,7-12,14-15,18-22,24H2,1-6H3,(H,36,38)/b25-13+,26-16+,27-17+/t35-/m1/s1. The summed E-state index contributed by atoms with van der Waals surface area (Å²) in [5.74, 6) is 2.12. The maximum Gasteiger partial charge on any atom is 0.246 e. The number of fused-ring (bicyclic) bond motifs is 1. The van der Waals surface area contributed by atoms with E-state index < -0.39 is 0 Å². The van der Waals surface area contributed by atoms with Crippen molar-refractivity contribution < 1.29 is 14.6 Å². The van der Waals surface area contributed by atoms with E-state index in [9.17, 15) is 9.90 Å². The number of carbonyl (C=O) groups is 1. The first kappa shape index (κ1) is 31.0. The number of aromatic hydroxyl groups is 1. The molecule has 0 bridgehead atoms. The number of nitrogens with one attached hydrogen (secondary N) is 1. The van der Waals surface area contributed by atoms with Crippen molar-refractivity contribution in [2.24, 2.45) is 5.92 Å². The molecule has 1 aliphatic carbocycles. The van der Waals surface area contributed by atoms with E-state index >= 15 is 0 Å². The highest BCUT2D eigenvalue weighted by Crippen LogP contribution is 2.42. The van der Waals surface area contributed by atoms with Crippen LogP contribution >= 0.6 is 0 Å². The van der Waals surface area contributed by atoms with Crippen LogP contribution in [-0.4, -0.2) is 23.2 Å². The van der Waals surface area contributed by atoms with Gasteiger partial charge in [-0.15, -0.1) is 0 Å². The largest absolute Gasteiger partial charge is 0.508 e. The SMILES string of the molecule is C/C(=C\CC/C(C)=C/CC[C@]1(C)CCc2c(C)c(O)cc(C)c2O1)CC/C=C(\C)C(=O)NCC1CCCCC1. The number of ether oxygens (including phenoxy) is 1. The molecule has 1 atom stereocenters. The molecule has 0 radical (unpaired) electrons. The summed E-state index contributed by atoms with van der Waals surface area (Å²) in [4.78, 5) is 12.4. The van der Waals surface area contributed by atoms with Gasteiger partial charge in [-0.2, -0.15) is 0 Å². The lowest BCUT2D eigenvalue weighted by atomic mass is 9.86. The molecule has 1 heterocycles. The average molecular weight is 536 g/mol. The van der Waals surface area contributed by atoms with Crippen LogP contribution in [0, 0.1) is 19.8 Å². The van der Waals surface area contributed by atoms with Crippen molar-refractivity contribution in [2.45, 2.75) is 131 Å².